The first-order valence-electron chi connectivity index (χ1n) is 14.0. The smallest absolute Gasteiger partial charge is 0.691 e. The number of aromatic nitrogens is 2. The Hall–Kier alpha value is -2.59. The number of sulfone groups is 1. The molecule has 4 aromatic carbocycles. The Kier molecular flexibility index (Phi) is 18.4. The fourth-order valence-electron chi connectivity index (χ4n) is 4.34. The van der Waals surface area contributed by atoms with Crippen LogP contribution in [0.25, 0.3) is 10.8 Å². The molecule has 0 unspecified atom stereocenters. The Bertz CT molecular complexity index is 2240. The summed E-state index contributed by atoms with van der Waals surface area (Å²) in [5, 5.41) is 51.5. The number of aromatic hydroxyl groups is 1. The van der Waals surface area contributed by atoms with E-state index in [1.54, 1.807) is 0 Å². The van der Waals surface area contributed by atoms with Gasteiger partial charge in [-0.3, -0.25) is 19.1 Å². The number of phenolic OH excluding ortho intramolecular Hbond substituents is 1. The minimum Gasteiger partial charge on any atom is -0.691 e. The standard InChI is InChI=1S/C29H21ClF2N6O11S3.2Na/c30-23-26(31)35-29(32)36-27(23)33-19-8-9-21-16(12-19)13-22(50-48-46-41)24(25(21)39)38-37-17-6-4-15(5-7-17)28(40)34-18-2-1-3-20(14-18)52(43,44)11-10-45-51-49-47-42;;/h1-9,12-14,39,41-42H,10-11H2,(H,34,40)(H,33,35,36);;/q;2*+1/p-2. The molecule has 0 bridgehead atoms. The van der Waals surface area contributed by atoms with Gasteiger partial charge >= 0.3 is 65.2 Å². The first-order chi connectivity index (χ1) is 25.0. The van der Waals surface area contributed by atoms with Gasteiger partial charge in [0.05, 0.1) is 39.9 Å². The molecule has 25 heteroatoms. The van der Waals surface area contributed by atoms with Crippen LogP contribution in [0.3, 0.4) is 0 Å². The number of nitrogens with zero attached hydrogens (tertiary/aromatic N) is 4. The van der Waals surface area contributed by atoms with E-state index in [4.69, 9.17) is 15.8 Å². The van der Waals surface area contributed by atoms with Gasteiger partial charge < -0.3 is 26.3 Å². The Morgan fingerprint density at radius 3 is 2.41 bits per heavy atom. The molecule has 17 nitrogen and oxygen atoms in total. The van der Waals surface area contributed by atoms with E-state index >= 15 is 0 Å². The fourth-order valence-corrected chi connectivity index (χ4v) is 6.41. The molecule has 0 saturated carbocycles. The predicted octanol–water partition coefficient (Wildman–Crippen LogP) is -0.506. The number of azo groups is 1. The maximum atomic E-state index is 13.8. The van der Waals surface area contributed by atoms with Gasteiger partial charge in [-0.2, -0.15) is 28.2 Å². The second-order valence-corrected chi connectivity index (χ2v) is 13.6. The van der Waals surface area contributed by atoms with E-state index in [1.165, 1.54) is 72.8 Å². The van der Waals surface area contributed by atoms with Crippen LogP contribution in [-0.2, 0) is 32.8 Å². The SMILES string of the molecule is O=C(Nc1cccc(S(=O)(=O)CCOSOO[O-])c1)c1ccc(N=Nc2c(SOO[O-])cc3cc(Nc4nc(F)nc(F)c4Cl)ccc3c2O)cc1.[Na+].[Na+]. The predicted molar refractivity (Wildman–Crippen MR) is 177 cm³/mol. The number of rotatable bonds is 16. The summed E-state index contributed by atoms with van der Waals surface area (Å²) in [6.07, 6.45) is -1.35. The van der Waals surface area contributed by atoms with Crippen LogP contribution in [-0.4, -0.2) is 41.8 Å². The molecular weight excluding hydrogens is 824 g/mol. The Labute approximate surface area is 361 Å². The molecule has 0 fully saturated rings. The average molecular weight is 843 g/mol. The summed E-state index contributed by atoms with van der Waals surface area (Å²) in [6.45, 7) is -0.311. The summed E-state index contributed by atoms with van der Waals surface area (Å²) in [4.78, 5) is 19.2. The zero-order valence-corrected chi connectivity index (χ0v) is 34.7. The van der Waals surface area contributed by atoms with Gasteiger partial charge in [-0.05, 0) is 72.1 Å². The molecule has 54 heavy (non-hydrogen) atoms. The van der Waals surface area contributed by atoms with E-state index < -0.39 is 38.5 Å². The number of amides is 1. The van der Waals surface area contributed by atoms with Gasteiger partial charge in [-0.1, -0.05) is 17.7 Å². The van der Waals surface area contributed by atoms with Crippen molar-refractivity contribution in [1.29, 1.82) is 0 Å². The molecule has 1 aromatic heterocycles. The largest absolute Gasteiger partial charge is 1.00 e. The zero-order chi connectivity index (χ0) is 37.3. The average Bonchev–Trinajstić information content (AvgIpc) is 3.12. The third-order valence-electron chi connectivity index (χ3n) is 6.63. The molecule has 0 radical (unpaired) electrons. The monoisotopic (exact) mass is 842 g/mol. The number of nitrogens with one attached hydrogen (secondary N) is 2. The molecule has 0 aliphatic rings. The van der Waals surface area contributed by atoms with E-state index in [2.05, 4.69) is 49.6 Å². The quantitative estimate of drug-likeness (QED) is 0.0166. The Balaban J connectivity index is 0.00000392. The number of carbonyl (C=O) groups is 1. The normalized spacial score (nSPS) is 11.3. The molecule has 0 saturated heterocycles. The van der Waals surface area contributed by atoms with Crippen molar-refractivity contribution < 1.29 is 120 Å². The van der Waals surface area contributed by atoms with Crippen molar-refractivity contribution >= 4 is 91.1 Å². The van der Waals surface area contributed by atoms with E-state index in [9.17, 15) is 37.6 Å². The maximum Gasteiger partial charge on any atom is 1.00 e. The van der Waals surface area contributed by atoms with Crippen LogP contribution in [0.15, 0.2) is 92.8 Å². The van der Waals surface area contributed by atoms with Crippen molar-refractivity contribution in [2.75, 3.05) is 23.0 Å². The molecule has 5 rings (SSSR count). The molecule has 0 aliphatic carbocycles. The van der Waals surface area contributed by atoms with Gasteiger partial charge in [0.25, 0.3) is 5.91 Å². The van der Waals surface area contributed by atoms with Crippen LogP contribution in [0.4, 0.5) is 37.3 Å². The van der Waals surface area contributed by atoms with Crippen LogP contribution < -0.4 is 80.3 Å². The van der Waals surface area contributed by atoms with Gasteiger partial charge in [0, 0.05) is 22.3 Å². The van der Waals surface area contributed by atoms with E-state index in [0.29, 0.717) is 17.4 Å². The third-order valence-corrected chi connectivity index (χ3v) is 9.63. The van der Waals surface area contributed by atoms with Crippen molar-refractivity contribution in [3.05, 3.63) is 95.4 Å². The van der Waals surface area contributed by atoms with Crippen molar-refractivity contribution in [2.24, 2.45) is 10.2 Å². The number of halogens is 3. The van der Waals surface area contributed by atoms with E-state index in [-0.39, 0.29) is 133 Å². The zero-order valence-electron chi connectivity index (χ0n) is 27.5. The fraction of sp³-hybridized carbons (Fsp3) is 0.0690. The summed E-state index contributed by atoms with van der Waals surface area (Å²) in [7, 11) is -3.82. The molecular formula is C29H19ClF2N6Na2O11S3. The molecule has 0 atom stereocenters. The van der Waals surface area contributed by atoms with Gasteiger partial charge in [-0.25, -0.2) is 8.42 Å². The number of fused-ring (bicyclic) bond motifs is 1. The molecule has 0 aliphatic heterocycles. The van der Waals surface area contributed by atoms with Crippen LogP contribution in [0.2, 0.25) is 5.02 Å². The number of hydrogen-bond donors (Lipinski definition) is 3. The van der Waals surface area contributed by atoms with Crippen LogP contribution >= 0.6 is 36.0 Å². The third kappa shape index (κ3) is 12.2. The molecule has 1 heterocycles. The van der Waals surface area contributed by atoms with Crippen molar-refractivity contribution in [2.45, 2.75) is 9.79 Å². The van der Waals surface area contributed by atoms with Crippen molar-refractivity contribution in [3.8, 4) is 5.75 Å². The summed E-state index contributed by atoms with van der Waals surface area (Å²) in [6, 6.07) is 17.1. The summed E-state index contributed by atoms with van der Waals surface area (Å²) in [5.41, 5.74) is 0.764. The summed E-state index contributed by atoms with van der Waals surface area (Å²) in [5.74, 6) is -3.01. The topological polar surface area (TPSA) is 238 Å². The molecule has 1 amide bonds. The molecule has 272 valence electrons. The summed E-state index contributed by atoms with van der Waals surface area (Å²) >= 11 is 6.43. The first kappa shape index (κ1) is 45.8. The first-order valence-corrected chi connectivity index (χ1v) is 17.4. The molecule has 5 aromatic rings. The number of anilines is 3. The van der Waals surface area contributed by atoms with Gasteiger partial charge in [0.2, 0.25) is 5.95 Å². The van der Waals surface area contributed by atoms with Gasteiger partial charge in [-0.15, -0.1) is 9.45 Å². The van der Waals surface area contributed by atoms with Crippen LogP contribution in [0, 0.1) is 12.0 Å². The number of carbonyl (C=O) groups excluding carboxylic acids is 1. The second kappa shape index (κ2) is 21.6. The van der Waals surface area contributed by atoms with E-state index in [1.807, 2.05) is 0 Å². The Morgan fingerprint density at radius 1 is 0.944 bits per heavy atom. The number of phenols is 1. The van der Waals surface area contributed by atoms with Crippen LogP contribution in [0.5, 0.6) is 5.75 Å². The van der Waals surface area contributed by atoms with E-state index in [0.717, 1.165) is 0 Å². The van der Waals surface area contributed by atoms with Crippen molar-refractivity contribution in [1.82, 2.24) is 9.97 Å². The Morgan fingerprint density at radius 2 is 1.69 bits per heavy atom. The molecule has 0 spiro atoms. The van der Waals surface area contributed by atoms with Gasteiger partial charge in [0.1, 0.15) is 10.7 Å². The number of benzene rings is 4. The maximum absolute atomic E-state index is 13.8. The minimum absolute atomic E-state index is 0. The van der Waals surface area contributed by atoms with Crippen molar-refractivity contribution in [3.63, 3.8) is 0 Å². The second-order valence-electron chi connectivity index (χ2n) is 9.87. The van der Waals surface area contributed by atoms with Gasteiger partial charge in [0.15, 0.2) is 33.7 Å². The number of hydrogen-bond acceptors (Lipinski definition) is 18. The summed E-state index contributed by atoms with van der Waals surface area (Å²) < 4.78 is 65.6. The minimum atomic E-state index is -3.82. The van der Waals surface area contributed by atoms with Crippen LogP contribution in [0.1, 0.15) is 10.4 Å². The molecule has 3 N–H and O–H groups in total.